The van der Waals surface area contributed by atoms with Crippen molar-refractivity contribution >= 4 is 23.2 Å². The third-order valence-electron chi connectivity index (χ3n) is 5.23. The molecule has 6 nitrogen and oxygen atoms in total. The number of nitrogens with one attached hydrogen (secondary N) is 2. The van der Waals surface area contributed by atoms with Crippen molar-refractivity contribution < 1.29 is 9.59 Å². The Bertz CT molecular complexity index is 1110. The second-order valence-corrected chi connectivity index (χ2v) is 8.86. The van der Waals surface area contributed by atoms with Gasteiger partial charge in [0, 0.05) is 28.0 Å². The van der Waals surface area contributed by atoms with Crippen LogP contribution in [0.25, 0.3) is 5.69 Å². The van der Waals surface area contributed by atoms with Gasteiger partial charge in [0.15, 0.2) is 0 Å². The highest BCUT2D eigenvalue weighted by Gasteiger charge is 2.21. The quantitative estimate of drug-likeness (QED) is 0.615. The Labute approximate surface area is 183 Å². The molecule has 3 aromatic rings. The van der Waals surface area contributed by atoms with Crippen LogP contribution in [0.1, 0.15) is 43.3 Å². The van der Waals surface area contributed by atoms with Gasteiger partial charge in [0.2, 0.25) is 11.8 Å². The summed E-state index contributed by atoms with van der Waals surface area (Å²) in [5.41, 5.74) is 5.43. The molecular formula is C25H30N4O2. The second-order valence-electron chi connectivity index (χ2n) is 8.86. The largest absolute Gasteiger partial charge is 0.326 e. The predicted molar refractivity (Wildman–Crippen MR) is 125 cm³/mol. The van der Waals surface area contributed by atoms with E-state index in [1.165, 1.54) is 0 Å². The maximum Gasteiger partial charge on any atom is 0.229 e. The molecule has 0 aliphatic heterocycles. The fourth-order valence-corrected chi connectivity index (χ4v) is 3.26. The maximum absolute atomic E-state index is 12.8. The molecule has 31 heavy (non-hydrogen) atoms. The van der Waals surface area contributed by atoms with Gasteiger partial charge in [-0.25, -0.2) is 4.68 Å². The zero-order valence-electron chi connectivity index (χ0n) is 19.0. The standard InChI is InChI=1S/C25H30N4O2/c1-16-12-13-19(26-24(31)25(4,5)6)14-22(16)27-23(30)15-21-17(2)28-29(18(21)3)20-10-8-7-9-11-20/h7-14H,15H2,1-6H3,(H,26,31)(H,27,30). The van der Waals surface area contributed by atoms with Crippen LogP contribution in [-0.2, 0) is 16.0 Å². The number of carbonyl (C=O) groups excluding carboxylic acids is 2. The van der Waals surface area contributed by atoms with Crippen LogP contribution in [0.2, 0.25) is 0 Å². The van der Waals surface area contributed by atoms with Gasteiger partial charge in [-0.1, -0.05) is 45.0 Å². The van der Waals surface area contributed by atoms with E-state index in [0.717, 1.165) is 28.2 Å². The SMILES string of the molecule is Cc1ccc(NC(=O)C(C)(C)C)cc1NC(=O)Cc1c(C)nn(-c2ccccc2)c1C. The van der Waals surface area contributed by atoms with Gasteiger partial charge in [-0.05, 0) is 50.6 Å². The Morgan fingerprint density at radius 1 is 0.968 bits per heavy atom. The molecule has 162 valence electrons. The van der Waals surface area contributed by atoms with Crippen molar-refractivity contribution in [2.75, 3.05) is 10.6 Å². The van der Waals surface area contributed by atoms with Crippen molar-refractivity contribution in [1.82, 2.24) is 9.78 Å². The molecular weight excluding hydrogens is 388 g/mol. The Morgan fingerprint density at radius 3 is 2.29 bits per heavy atom. The van der Waals surface area contributed by atoms with Crippen LogP contribution in [0.15, 0.2) is 48.5 Å². The van der Waals surface area contributed by atoms with Gasteiger partial charge in [0.25, 0.3) is 0 Å². The summed E-state index contributed by atoms with van der Waals surface area (Å²) in [5, 5.41) is 10.5. The van der Waals surface area contributed by atoms with Crippen molar-refractivity contribution in [3.63, 3.8) is 0 Å². The van der Waals surface area contributed by atoms with Crippen molar-refractivity contribution in [2.45, 2.75) is 48.0 Å². The van der Waals surface area contributed by atoms with E-state index in [-0.39, 0.29) is 18.2 Å². The first-order chi connectivity index (χ1) is 14.6. The average molecular weight is 419 g/mol. The van der Waals surface area contributed by atoms with E-state index in [1.807, 2.05) is 88.7 Å². The molecule has 0 bridgehead atoms. The summed E-state index contributed by atoms with van der Waals surface area (Å²) in [7, 11) is 0. The van der Waals surface area contributed by atoms with Crippen molar-refractivity contribution in [3.05, 3.63) is 71.0 Å². The van der Waals surface area contributed by atoms with Gasteiger partial charge >= 0.3 is 0 Å². The summed E-state index contributed by atoms with van der Waals surface area (Å²) in [4.78, 5) is 25.1. The Morgan fingerprint density at radius 2 is 1.65 bits per heavy atom. The average Bonchev–Trinajstić information content (AvgIpc) is 2.98. The molecule has 0 aliphatic carbocycles. The van der Waals surface area contributed by atoms with Crippen molar-refractivity contribution in [3.8, 4) is 5.69 Å². The molecule has 1 heterocycles. The fourth-order valence-electron chi connectivity index (χ4n) is 3.26. The summed E-state index contributed by atoms with van der Waals surface area (Å²) in [6, 6.07) is 15.4. The number of carbonyl (C=O) groups is 2. The first-order valence-corrected chi connectivity index (χ1v) is 10.4. The van der Waals surface area contributed by atoms with Crippen LogP contribution >= 0.6 is 0 Å². The number of benzene rings is 2. The molecule has 0 atom stereocenters. The summed E-state index contributed by atoms with van der Waals surface area (Å²) in [6.45, 7) is 11.4. The highest BCUT2D eigenvalue weighted by Crippen LogP contribution is 2.24. The van der Waals surface area contributed by atoms with Crippen molar-refractivity contribution in [1.29, 1.82) is 0 Å². The zero-order chi connectivity index (χ0) is 22.8. The molecule has 0 aliphatic rings. The van der Waals surface area contributed by atoms with Gasteiger partial charge in [-0.15, -0.1) is 0 Å². The monoisotopic (exact) mass is 418 g/mol. The fraction of sp³-hybridized carbons (Fsp3) is 0.320. The predicted octanol–water partition coefficient (Wildman–Crippen LogP) is 4.96. The maximum atomic E-state index is 12.8. The molecule has 0 spiro atoms. The number of anilines is 2. The minimum absolute atomic E-state index is 0.0757. The summed E-state index contributed by atoms with van der Waals surface area (Å²) in [5.74, 6) is -0.200. The minimum atomic E-state index is -0.498. The molecule has 2 N–H and O–H groups in total. The van der Waals surface area contributed by atoms with E-state index >= 15 is 0 Å². The molecule has 3 rings (SSSR count). The highest BCUT2D eigenvalue weighted by atomic mass is 16.2. The van der Waals surface area contributed by atoms with Gasteiger partial charge < -0.3 is 10.6 Å². The van der Waals surface area contributed by atoms with Crippen LogP contribution in [0.4, 0.5) is 11.4 Å². The number of rotatable bonds is 5. The topological polar surface area (TPSA) is 76.0 Å². The summed E-state index contributed by atoms with van der Waals surface area (Å²) in [6.07, 6.45) is 0.225. The van der Waals surface area contributed by atoms with E-state index in [0.29, 0.717) is 11.4 Å². The highest BCUT2D eigenvalue weighted by molar-refractivity contribution is 5.97. The molecule has 0 fully saturated rings. The lowest BCUT2D eigenvalue weighted by atomic mass is 9.95. The number of aryl methyl sites for hydroxylation is 2. The summed E-state index contributed by atoms with van der Waals surface area (Å²) >= 11 is 0. The van der Waals surface area contributed by atoms with Crippen LogP contribution < -0.4 is 10.6 Å². The number of amides is 2. The van der Waals surface area contributed by atoms with E-state index in [9.17, 15) is 9.59 Å². The number of hydrogen-bond donors (Lipinski definition) is 2. The van der Waals surface area contributed by atoms with Crippen molar-refractivity contribution in [2.24, 2.45) is 5.41 Å². The lowest BCUT2D eigenvalue weighted by molar-refractivity contribution is -0.123. The number of hydrogen-bond acceptors (Lipinski definition) is 3. The molecule has 0 radical (unpaired) electrons. The van der Waals surface area contributed by atoms with Gasteiger partial charge in [0.1, 0.15) is 0 Å². The van der Waals surface area contributed by atoms with Crippen LogP contribution in [0.3, 0.4) is 0 Å². The van der Waals surface area contributed by atoms with Gasteiger partial charge in [0.05, 0.1) is 17.8 Å². The van der Waals surface area contributed by atoms with E-state index in [4.69, 9.17) is 0 Å². The van der Waals surface area contributed by atoms with Crippen LogP contribution in [0.5, 0.6) is 0 Å². The summed E-state index contributed by atoms with van der Waals surface area (Å²) < 4.78 is 1.87. The first-order valence-electron chi connectivity index (χ1n) is 10.4. The molecule has 6 heteroatoms. The number of nitrogens with zero attached hydrogens (tertiary/aromatic N) is 2. The third kappa shape index (κ3) is 5.20. The van der Waals surface area contributed by atoms with E-state index in [1.54, 1.807) is 6.07 Å². The van der Waals surface area contributed by atoms with Crippen LogP contribution in [0, 0.1) is 26.2 Å². The smallest absolute Gasteiger partial charge is 0.229 e. The zero-order valence-corrected chi connectivity index (χ0v) is 19.0. The van der Waals surface area contributed by atoms with Gasteiger partial charge in [-0.2, -0.15) is 5.10 Å². The third-order valence-corrected chi connectivity index (χ3v) is 5.23. The Balaban J connectivity index is 1.77. The Kier molecular flexibility index (Phi) is 6.29. The normalized spacial score (nSPS) is 11.3. The molecule has 0 unspecified atom stereocenters. The molecule has 0 saturated carbocycles. The lowest BCUT2D eigenvalue weighted by Crippen LogP contribution is -2.27. The first kappa shape index (κ1) is 22.3. The van der Waals surface area contributed by atoms with Crippen LogP contribution in [-0.4, -0.2) is 21.6 Å². The van der Waals surface area contributed by atoms with E-state index < -0.39 is 5.41 Å². The van der Waals surface area contributed by atoms with E-state index in [2.05, 4.69) is 15.7 Å². The minimum Gasteiger partial charge on any atom is -0.326 e. The number of aromatic nitrogens is 2. The molecule has 0 saturated heterocycles. The second kappa shape index (κ2) is 8.76. The molecule has 2 amide bonds. The number of para-hydroxylation sites is 1. The Hall–Kier alpha value is -3.41. The molecule has 1 aromatic heterocycles. The van der Waals surface area contributed by atoms with Gasteiger partial charge in [-0.3, -0.25) is 9.59 Å². The lowest BCUT2D eigenvalue weighted by Gasteiger charge is -2.18. The molecule has 2 aromatic carbocycles.